The van der Waals surface area contributed by atoms with E-state index in [1.165, 1.54) is 0 Å². The Morgan fingerprint density at radius 3 is 2.45 bits per heavy atom. The van der Waals surface area contributed by atoms with Gasteiger partial charge in [0.1, 0.15) is 5.75 Å². The molecule has 0 saturated heterocycles. The van der Waals surface area contributed by atoms with Crippen LogP contribution < -0.4 is 15.4 Å². The van der Waals surface area contributed by atoms with Crippen LogP contribution in [0.25, 0.3) is 0 Å². The first kappa shape index (κ1) is 15.9. The summed E-state index contributed by atoms with van der Waals surface area (Å²) >= 11 is 0. The summed E-state index contributed by atoms with van der Waals surface area (Å²) in [6.45, 7) is 3.59. The summed E-state index contributed by atoms with van der Waals surface area (Å²) in [4.78, 5) is 11.8. The molecule has 0 spiro atoms. The summed E-state index contributed by atoms with van der Waals surface area (Å²) in [6.07, 6.45) is 0.988. The lowest BCUT2D eigenvalue weighted by molar-refractivity contribution is -0.119. The second-order valence-electron chi connectivity index (χ2n) is 4.99. The molecule has 22 heavy (non-hydrogen) atoms. The quantitative estimate of drug-likeness (QED) is 0.787. The molecular formula is C18H22N2O2. The van der Waals surface area contributed by atoms with Crippen LogP contribution in [0.4, 0.5) is 5.69 Å². The number of hydrogen-bond donors (Lipinski definition) is 2. The molecule has 2 N–H and O–H groups in total. The number of hydrogen-bond acceptors (Lipinski definition) is 3. The molecule has 2 rings (SSSR count). The summed E-state index contributed by atoms with van der Waals surface area (Å²) < 4.78 is 5.52. The minimum Gasteiger partial charge on any atom is -0.494 e. The van der Waals surface area contributed by atoms with Gasteiger partial charge in [0.2, 0.25) is 5.91 Å². The topological polar surface area (TPSA) is 50.4 Å². The number of benzene rings is 2. The van der Waals surface area contributed by atoms with Gasteiger partial charge in [0.15, 0.2) is 0 Å². The first-order valence-corrected chi connectivity index (χ1v) is 7.55. The van der Waals surface area contributed by atoms with E-state index < -0.39 is 0 Å². The van der Waals surface area contributed by atoms with E-state index in [1.807, 2.05) is 54.6 Å². The van der Waals surface area contributed by atoms with Crippen molar-refractivity contribution in [2.75, 3.05) is 18.5 Å². The molecule has 0 bridgehead atoms. The SMILES string of the molecule is CCCOc1ccc(NCC(=O)NCc2ccccc2)cc1. The van der Waals surface area contributed by atoms with Gasteiger partial charge in [-0.15, -0.1) is 0 Å². The number of carbonyl (C=O) groups is 1. The van der Waals surface area contributed by atoms with E-state index in [9.17, 15) is 4.79 Å². The van der Waals surface area contributed by atoms with Crippen molar-refractivity contribution in [2.24, 2.45) is 0 Å². The Morgan fingerprint density at radius 2 is 1.77 bits per heavy atom. The van der Waals surface area contributed by atoms with E-state index in [0.29, 0.717) is 13.2 Å². The smallest absolute Gasteiger partial charge is 0.239 e. The molecule has 1 amide bonds. The predicted molar refractivity (Wildman–Crippen MR) is 89.0 cm³/mol. The van der Waals surface area contributed by atoms with Crippen molar-refractivity contribution in [1.82, 2.24) is 5.32 Å². The van der Waals surface area contributed by atoms with Gasteiger partial charge >= 0.3 is 0 Å². The monoisotopic (exact) mass is 298 g/mol. The third-order valence-corrected chi connectivity index (χ3v) is 3.11. The molecule has 2 aromatic rings. The van der Waals surface area contributed by atoms with Crippen molar-refractivity contribution in [1.29, 1.82) is 0 Å². The molecule has 0 atom stereocenters. The van der Waals surface area contributed by atoms with E-state index in [4.69, 9.17) is 4.74 Å². The maximum absolute atomic E-state index is 11.8. The molecule has 0 aliphatic carbocycles. The molecule has 0 aliphatic rings. The zero-order valence-electron chi connectivity index (χ0n) is 12.8. The van der Waals surface area contributed by atoms with Crippen molar-refractivity contribution in [3.8, 4) is 5.75 Å². The molecule has 0 saturated carbocycles. The fourth-order valence-electron chi connectivity index (χ4n) is 1.93. The zero-order chi connectivity index (χ0) is 15.6. The predicted octanol–water partition coefficient (Wildman–Crippen LogP) is 3.20. The van der Waals surface area contributed by atoms with E-state index in [1.54, 1.807) is 0 Å². The van der Waals surface area contributed by atoms with Crippen molar-refractivity contribution in [3.05, 3.63) is 60.2 Å². The third-order valence-electron chi connectivity index (χ3n) is 3.11. The largest absolute Gasteiger partial charge is 0.494 e. The molecule has 0 fully saturated rings. The number of anilines is 1. The van der Waals surface area contributed by atoms with Crippen molar-refractivity contribution in [3.63, 3.8) is 0 Å². The standard InChI is InChI=1S/C18H22N2O2/c1-2-12-22-17-10-8-16(9-11-17)19-14-18(21)20-13-15-6-4-3-5-7-15/h3-11,19H,2,12-14H2,1H3,(H,20,21). The van der Waals surface area contributed by atoms with Crippen LogP contribution in [0, 0.1) is 0 Å². The molecule has 0 aromatic heterocycles. The second kappa shape index (κ2) is 8.72. The van der Waals surface area contributed by atoms with Crippen molar-refractivity contribution < 1.29 is 9.53 Å². The minimum atomic E-state index is -0.0323. The Hall–Kier alpha value is -2.49. The summed E-state index contributed by atoms with van der Waals surface area (Å²) in [7, 11) is 0. The summed E-state index contributed by atoms with van der Waals surface area (Å²) in [6, 6.07) is 17.5. The van der Waals surface area contributed by atoms with E-state index in [-0.39, 0.29) is 12.5 Å². The van der Waals surface area contributed by atoms with Gasteiger partial charge < -0.3 is 15.4 Å². The van der Waals surface area contributed by atoms with Crippen molar-refractivity contribution >= 4 is 11.6 Å². The lowest BCUT2D eigenvalue weighted by Crippen LogP contribution is -2.29. The molecule has 4 heteroatoms. The van der Waals surface area contributed by atoms with Gasteiger partial charge in [-0.2, -0.15) is 0 Å². The number of rotatable bonds is 8. The molecule has 116 valence electrons. The Kier molecular flexibility index (Phi) is 6.30. The molecule has 0 heterocycles. The maximum Gasteiger partial charge on any atom is 0.239 e. The number of amides is 1. The van der Waals surface area contributed by atoms with Gasteiger partial charge in [-0.1, -0.05) is 37.3 Å². The highest BCUT2D eigenvalue weighted by Gasteiger charge is 2.01. The molecule has 0 unspecified atom stereocenters. The van der Waals surface area contributed by atoms with Crippen LogP contribution in [-0.2, 0) is 11.3 Å². The van der Waals surface area contributed by atoms with Crippen molar-refractivity contribution in [2.45, 2.75) is 19.9 Å². The molecule has 0 aliphatic heterocycles. The average Bonchev–Trinajstić information content (AvgIpc) is 2.58. The molecule has 2 aromatic carbocycles. The van der Waals surface area contributed by atoms with Crippen LogP contribution in [0.5, 0.6) is 5.75 Å². The molecular weight excluding hydrogens is 276 g/mol. The summed E-state index contributed by atoms with van der Waals surface area (Å²) in [5.41, 5.74) is 1.99. The Labute approximate surface area is 131 Å². The van der Waals surface area contributed by atoms with E-state index in [0.717, 1.165) is 23.4 Å². The van der Waals surface area contributed by atoms with Gasteiger partial charge in [-0.25, -0.2) is 0 Å². The van der Waals surface area contributed by atoms with Crippen LogP contribution in [0.15, 0.2) is 54.6 Å². The number of nitrogens with one attached hydrogen (secondary N) is 2. The maximum atomic E-state index is 11.8. The summed E-state index contributed by atoms with van der Waals surface area (Å²) in [5.74, 6) is 0.816. The van der Waals surface area contributed by atoms with E-state index >= 15 is 0 Å². The fraction of sp³-hybridized carbons (Fsp3) is 0.278. The van der Waals surface area contributed by atoms with Gasteiger partial charge in [-0.05, 0) is 36.2 Å². The van der Waals surface area contributed by atoms with Crippen LogP contribution in [0.1, 0.15) is 18.9 Å². The van der Waals surface area contributed by atoms with E-state index in [2.05, 4.69) is 17.6 Å². The molecule has 0 radical (unpaired) electrons. The Morgan fingerprint density at radius 1 is 1.05 bits per heavy atom. The first-order chi connectivity index (χ1) is 10.8. The van der Waals surface area contributed by atoms with Crippen LogP contribution >= 0.6 is 0 Å². The minimum absolute atomic E-state index is 0.0323. The first-order valence-electron chi connectivity index (χ1n) is 7.55. The highest BCUT2D eigenvalue weighted by molar-refractivity contribution is 5.80. The Balaban J connectivity index is 1.71. The highest BCUT2D eigenvalue weighted by atomic mass is 16.5. The number of ether oxygens (including phenoxy) is 1. The lowest BCUT2D eigenvalue weighted by Gasteiger charge is -2.09. The van der Waals surface area contributed by atoms with Gasteiger partial charge in [-0.3, -0.25) is 4.79 Å². The zero-order valence-corrected chi connectivity index (χ0v) is 12.8. The second-order valence-corrected chi connectivity index (χ2v) is 4.99. The van der Waals surface area contributed by atoms with Crippen LogP contribution in [0.2, 0.25) is 0 Å². The van der Waals surface area contributed by atoms with Crippen LogP contribution in [0.3, 0.4) is 0 Å². The molecule has 4 nitrogen and oxygen atoms in total. The average molecular weight is 298 g/mol. The van der Waals surface area contributed by atoms with Gasteiger partial charge in [0.25, 0.3) is 0 Å². The third kappa shape index (κ3) is 5.48. The fourth-order valence-corrected chi connectivity index (χ4v) is 1.93. The van der Waals surface area contributed by atoms with Gasteiger partial charge in [0.05, 0.1) is 13.2 Å². The number of carbonyl (C=O) groups excluding carboxylic acids is 1. The van der Waals surface area contributed by atoms with Gasteiger partial charge in [0, 0.05) is 12.2 Å². The normalized spacial score (nSPS) is 10.0. The lowest BCUT2D eigenvalue weighted by atomic mass is 10.2. The Bertz CT molecular complexity index is 567. The summed E-state index contributed by atoms with van der Waals surface area (Å²) in [5, 5.41) is 5.98. The highest BCUT2D eigenvalue weighted by Crippen LogP contribution is 2.15. The van der Waals surface area contributed by atoms with Crippen LogP contribution in [-0.4, -0.2) is 19.1 Å².